The average molecular weight is 295 g/mol. The number of aromatic nitrogens is 4. The highest BCUT2D eigenvalue weighted by Gasteiger charge is 2.26. The van der Waals surface area contributed by atoms with E-state index in [4.69, 9.17) is 9.26 Å². The van der Waals surface area contributed by atoms with Gasteiger partial charge in [-0.1, -0.05) is 5.16 Å². The van der Waals surface area contributed by atoms with E-state index < -0.39 is 0 Å². The number of rotatable bonds is 4. The molecule has 0 atom stereocenters. The van der Waals surface area contributed by atoms with Crippen molar-refractivity contribution in [3.8, 4) is 0 Å². The van der Waals surface area contributed by atoms with Crippen molar-refractivity contribution in [3.05, 3.63) is 17.5 Å². The fourth-order valence-electron chi connectivity index (χ4n) is 2.36. The summed E-state index contributed by atoms with van der Waals surface area (Å²) < 4.78 is 14.6. The molecule has 0 N–H and O–H groups in total. The second kappa shape index (κ2) is 5.84. The van der Waals surface area contributed by atoms with Crippen molar-refractivity contribution in [2.45, 2.75) is 32.3 Å². The summed E-state index contributed by atoms with van der Waals surface area (Å²) in [5, 5.41) is 4.83. The Morgan fingerprint density at radius 3 is 2.80 bits per heavy atom. The van der Waals surface area contributed by atoms with Gasteiger partial charge >= 0.3 is 0 Å². The molecule has 108 valence electrons. The molecule has 1 aliphatic rings. The van der Waals surface area contributed by atoms with Crippen molar-refractivity contribution in [2.75, 3.05) is 25.1 Å². The Labute approximate surface area is 121 Å². The predicted molar refractivity (Wildman–Crippen MR) is 73.8 cm³/mol. The lowest BCUT2D eigenvalue weighted by molar-refractivity contribution is 0.179. The van der Waals surface area contributed by atoms with E-state index in [9.17, 15) is 0 Å². The molecule has 20 heavy (non-hydrogen) atoms. The molecule has 0 aromatic carbocycles. The molecule has 1 saturated heterocycles. The molecule has 1 aliphatic heterocycles. The Morgan fingerprint density at radius 2 is 2.15 bits per heavy atom. The van der Waals surface area contributed by atoms with Crippen LogP contribution in [0.5, 0.6) is 0 Å². The molecule has 1 fully saturated rings. The zero-order valence-corrected chi connectivity index (χ0v) is 12.4. The summed E-state index contributed by atoms with van der Waals surface area (Å²) in [5.74, 6) is 2.58. The zero-order valence-electron chi connectivity index (χ0n) is 11.6. The molecule has 7 nitrogen and oxygen atoms in total. The number of anilines is 1. The third-order valence-electron chi connectivity index (χ3n) is 3.39. The lowest BCUT2D eigenvalue weighted by Crippen LogP contribution is -2.32. The molecule has 0 bridgehead atoms. The van der Waals surface area contributed by atoms with E-state index in [2.05, 4.69) is 24.4 Å². The number of hydrogen-bond acceptors (Lipinski definition) is 8. The Hall–Kier alpha value is -1.54. The quantitative estimate of drug-likeness (QED) is 0.850. The first-order valence-corrected chi connectivity index (χ1v) is 7.40. The van der Waals surface area contributed by atoms with Gasteiger partial charge in [-0.25, -0.2) is 4.98 Å². The summed E-state index contributed by atoms with van der Waals surface area (Å²) in [7, 11) is 1.65. The molecule has 0 unspecified atom stereocenters. The van der Waals surface area contributed by atoms with Crippen LogP contribution in [0.3, 0.4) is 0 Å². The zero-order chi connectivity index (χ0) is 13.9. The minimum atomic E-state index is 0.360. The number of nitrogens with zero attached hydrogens (tertiary/aromatic N) is 5. The SMILES string of the molecule is COCc1nsc(N2CCC(c3nc(C)no3)CC2)n1. The minimum Gasteiger partial charge on any atom is -0.377 e. The maximum Gasteiger partial charge on any atom is 0.229 e. The van der Waals surface area contributed by atoms with Crippen LogP contribution >= 0.6 is 11.5 Å². The fraction of sp³-hybridized carbons (Fsp3) is 0.667. The second-order valence-electron chi connectivity index (χ2n) is 4.87. The standard InChI is InChI=1S/C12H17N5O2S/c1-8-13-11(19-15-8)9-3-5-17(6-4-9)12-14-10(7-18-2)16-20-12/h9H,3-7H2,1-2H3. The molecule has 2 aromatic rings. The van der Waals surface area contributed by atoms with Crippen LogP contribution in [0, 0.1) is 6.92 Å². The normalized spacial score (nSPS) is 16.8. The molecule has 0 aliphatic carbocycles. The average Bonchev–Trinajstić information content (AvgIpc) is 3.09. The van der Waals surface area contributed by atoms with Gasteiger partial charge in [0, 0.05) is 37.6 Å². The minimum absolute atomic E-state index is 0.360. The largest absolute Gasteiger partial charge is 0.377 e. The van der Waals surface area contributed by atoms with Crippen molar-refractivity contribution in [2.24, 2.45) is 0 Å². The molecule has 0 amide bonds. The van der Waals surface area contributed by atoms with E-state index in [1.165, 1.54) is 11.5 Å². The maximum absolute atomic E-state index is 5.26. The van der Waals surface area contributed by atoms with E-state index in [1.807, 2.05) is 6.92 Å². The summed E-state index contributed by atoms with van der Waals surface area (Å²) in [4.78, 5) is 11.1. The van der Waals surface area contributed by atoms with Crippen LogP contribution in [0.4, 0.5) is 5.13 Å². The molecule has 3 rings (SSSR count). The van der Waals surface area contributed by atoms with E-state index in [1.54, 1.807) is 7.11 Å². The van der Waals surface area contributed by atoms with Crippen LogP contribution in [-0.4, -0.2) is 39.7 Å². The molecule has 0 saturated carbocycles. The molecular weight excluding hydrogens is 278 g/mol. The Balaban J connectivity index is 1.60. The van der Waals surface area contributed by atoms with Gasteiger partial charge in [-0.3, -0.25) is 0 Å². The Kier molecular flexibility index (Phi) is 3.93. The monoisotopic (exact) mass is 295 g/mol. The topological polar surface area (TPSA) is 77.2 Å². The second-order valence-corrected chi connectivity index (χ2v) is 5.60. The van der Waals surface area contributed by atoms with Gasteiger partial charge in [0.2, 0.25) is 11.0 Å². The third-order valence-corrected chi connectivity index (χ3v) is 4.20. The molecule has 2 aromatic heterocycles. The van der Waals surface area contributed by atoms with Crippen LogP contribution in [0.15, 0.2) is 4.52 Å². The summed E-state index contributed by atoms with van der Waals surface area (Å²) in [6.45, 7) is 4.19. The number of ether oxygens (including phenoxy) is 1. The van der Waals surface area contributed by atoms with Crippen LogP contribution < -0.4 is 4.90 Å². The number of hydrogen-bond donors (Lipinski definition) is 0. The van der Waals surface area contributed by atoms with Crippen LogP contribution in [-0.2, 0) is 11.3 Å². The lowest BCUT2D eigenvalue weighted by atomic mass is 9.97. The van der Waals surface area contributed by atoms with E-state index in [0.29, 0.717) is 18.3 Å². The molecular formula is C12H17N5O2S. The van der Waals surface area contributed by atoms with Crippen molar-refractivity contribution >= 4 is 16.7 Å². The number of aryl methyl sites for hydroxylation is 1. The van der Waals surface area contributed by atoms with Gasteiger partial charge in [0.25, 0.3) is 0 Å². The van der Waals surface area contributed by atoms with Gasteiger partial charge < -0.3 is 14.2 Å². The van der Waals surface area contributed by atoms with Crippen LogP contribution in [0.1, 0.15) is 36.3 Å². The van der Waals surface area contributed by atoms with Crippen LogP contribution in [0.25, 0.3) is 0 Å². The van der Waals surface area contributed by atoms with Crippen molar-refractivity contribution < 1.29 is 9.26 Å². The van der Waals surface area contributed by atoms with E-state index in [0.717, 1.165) is 42.8 Å². The first-order valence-electron chi connectivity index (χ1n) is 6.63. The highest BCUT2D eigenvalue weighted by atomic mass is 32.1. The van der Waals surface area contributed by atoms with Crippen molar-refractivity contribution in [1.29, 1.82) is 0 Å². The molecule has 8 heteroatoms. The first kappa shape index (κ1) is 13.4. The number of piperidine rings is 1. The molecule has 0 radical (unpaired) electrons. The molecule has 0 spiro atoms. The maximum atomic E-state index is 5.26. The van der Waals surface area contributed by atoms with Crippen LogP contribution in [0.2, 0.25) is 0 Å². The fourth-order valence-corrected chi connectivity index (χ4v) is 3.08. The van der Waals surface area contributed by atoms with Crippen molar-refractivity contribution in [3.63, 3.8) is 0 Å². The van der Waals surface area contributed by atoms with E-state index >= 15 is 0 Å². The van der Waals surface area contributed by atoms with Crippen molar-refractivity contribution in [1.82, 2.24) is 19.5 Å². The van der Waals surface area contributed by atoms with Gasteiger partial charge in [0.05, 0.1) is 0 Å². The predicted octanol–water partition coefficient (Wildman–Crippen LogP) is 1.76. The van der Waals surface area contributed by atoms with E-state index in [-0.39, 0.29) is 0 Å². The summed E-state index contributed by atoms with van der Waals surface area (Å²) in [5.41, 5.74) is 0. The van der Waals surface area contributed by atoms with Gasteiger partial charge in [0.15, 0.2) is 11.6 Å². The first-order chi connectivity index (χ1) is 9.76. The Morgan fingerprint density at radius 1 is 1.35 bits per heavy atom. The lowest BCUT2D eigenvalue weighted by Gasteiger charge is -2.29. The third kappa shape index (κ3) is 2.80. The van der Waals surface area contributed by atoms with Gasteiger partial charge in [-0.05, 0) is 19.8 Å². The summed E-state index contributed by atoms with van der Waals surface area (Å²) in [6.07, 6.45) is 2.00. The summed E-state index contributed by atoms with van der Waals surface area (Å²) in [6, 6.07) is 0. The van der Waals surface area contributed by atoms with Gasteiger partial charge in [-0.15, -0.1) is 0 Å². The summed E-state index contributed by atoms with van der Waals surface area (Å²) >= 11 is 1.43. The van der Waals surface area contributed by atoms with Gasteiger partial charge in [-0.2, -0.15) is 9.36 Å². The molecule has 3 heterocycles. The smallest absolute Gasteiger partial charge is 0.229 e. The Bertz CT molecular complexity index is 562. The van der Waals surface area contributed by atoms with Gasteiger partial charge in [0.1, 0.15) is 6.61 Å². The highest BCUT2D eigenvalue weighted by molar-refractivity contribution is 7.09. The number of methoxy groups -OCH3 is 1. The highest BCUT2D eigenvalue weighted by Crippen LogP contribution is 2.30.